The van der Waals surface area contributed by atoms with Crippen LogP contribution in [0.4, 0.5) is 0 Å². The summed E-state index contributed by atoms with van der Waals surface area (Å²) in [5, 5.41) is 7.95. The summed E-state index contributed by atoms with van der Waals surface area (Å²) in [6, 6.07) is 2.71. The van der Waals surface area contributed by atoms with Crippen molar-refractivity contribution in [2.24, 2.45) is 7.05 Å². The number of rotatable bonds is 4. The van der Waals surface area contributed by atoms with Crippen LogP contribution in [0, 0.1) is 0 Å². The fraction of sp³-hybridized carbons (Fsp3) is 0.750. The molecule has 1 atom stereocenters. The molecule has 0 radical (unpaired) electrons. The van der Waals surface area contributed by atoms with Crippen LogP contribution in [0.1, 0.15) is 25.0 Å². The summed E-state index contributed by atoms with van der Waals surface area (Å²) in [6.45, 7) is 2.85. The average Bonchev–Trinajstić information content (AvgIpc) is 2.54. The van der Waals surface area contributed by atoms with Gasteiger partial charge >= 0.3 is 0 Å². The Balaban J connectivity index is 1.67. The molecule has 1 aliphatic heterocycles. The number of aromatic nitrogens is 2. The second-order valence-corrected chi connectivity index (χ2v) is 4.43. The summed E-state index contributed by atoms with van der Waals surface area (Å²) in [7, 11) is 1.96. The van der Waals surface area contributed by atoms with Crippen molar-refractivity contribution in [3.05, 3.63) is 18.0 Å². The van der Waals surface area contributed by atoms with Crippen LogP contribution < -0.4 is 5.32 Å². The minimum atomic E-state index is 0.631. The van der Waals surface area contributed by atoms with E-state index in [9.17, 15) is 0 Å². The van der Waals surface area contributed by atoms with Crippen LogP contribution in [-0.2, 0) is 18.2 Å². The first kappa shape index (κ1) is 11.6. The van der Waals surface area contributed by atoms with E-state index >= 15 is 0 Å². The molecule has 0 saturated carbocycles. The molecular weight excluding hydrogens is 202 g/mol. The van der Waals surface area contributed by atoms with E-state index in [-0.39, 0.29) is 0 Å². The van der Waals surface area contributed by atoms with Gasteiger partial charge < -0.3 is 10.1 Å². The number of ether oxygens (including phenoxy) is 1. The third-order valence-electron chi connectivity index (χ3n) is 3.03. The van der Waals surface area contributed by atoms with Gasteiger partial charge in [-0.3, -0.25) is 4.68 Å². The highest BCUT2D eigenvalue weighted by Crippen LogP contribution is 2.07. The molecule has 1 aliphatic rings. The Labute approximate surface area is 97.0 Å². The fourth-order valence-corrected chi connectivity index (χ4v) is 2.11. The molecule has 1 fully saturated rings. The third kappa shape index (κ3) is 3.61. The van der Waals surface area contributed by atoms with Crippen LogP contribution in [0.15, 0.2) is 12.3 Å². The van der Waals surface area contributed by atoms with Crippen molar-refractivity contribution in [2.45, 2.75) is 31.7 Å². The van der Waals surface area contributed by atoms with Crippen LogP contribution in [0.25, 0.3) is 0 Å². The topological polar surface area (TPSA) is 39.1 Å². The molecular formula is C12H21N3O. The van der Waals surface area contributed by atoms with Gasteiger partial charge in [0.25, 0.3) is 0 Å². The van der Waals surface area contributed by atoms with Gasteiger partial charge in [0.05, 0.1) is 5.69 Å². The minimum Gasteiger partial charge on any atom is -0.381 e. The van der Waals surface area contributed by atoms with E-state index in [2.05, 4.69) is 16.5 Å². The van der Waals surface area contributed by atoms with Crippen molar-refractivity contribution in [3.8, 4) is 0 Å². The Morgan fingerprint density at radius 3 is 3.25 bits per heavy atom. The zero-order chi connectivity index (χ0) is 11.2. The minimum absolute atomic E-state index is 0.631. The summed E-state index contributed by atoms with van der Waals surface area (Å²) < 4.78 is 7.29. The van der Waals surface area contributed by atoms with E-state index in [0.29, 0.717) is 6.04 Å². The molecule has 0 spiro atoms. The van der Waals surface area contributed by atoms with Gasteiger partial charge in [0.2, 0.25) is 0 Å². The number of nitrogens with zero attached hydrogens (tertiary/aromatic N) is 2. The maximum atomic E-state index is 5.44. The number of aryl methyl sites for hydroxylation is 1. The van der Waals surface area contributed by atoms with Crippen LogP contribution in [0.3, 0.4) is 0 Å². The van der Waals surface area contributed by atoms with Crippen molar-refractivity contribution < 1.29 is 4.74 Å². The highest BCUT2D eigenvalue weighted by atomic mass is 16.5. The summed E-state index contributed by atoms with van der Waals surface area (Å²) >= 11 is 0. The first-order valence-electron chi connectivity index (χ1n) is 6.14. The van der Waals surface area contributed by atoms with E-state index in [0.717, 1.165) is 32.6 Å². The zero-order valence-corrected chi connectivity index (χ0v) is 9.98. The zero-order valence-electron chi connectivity index (χ0n) is 9.98. The largest absolute Gasteiger partial charge is 0.381 e. The molecule has 16 heavy (non-hydrogen) atoms. The van der Waals surface area contributed by atoms with Crippen molar-refractivity contribution >= 4 is 0 Å². The van der Waals surface area contributed by atoms with Gasteiger partial charge in [-0.25, -0.2) is 0 Å². The first-order chi connectivity index (χ1) is 7.84. The Kier molecular flexibility index (Phi) is 4.36. The van der Waals surface area contributed by atoms with Crippen molar-refractivity contribution in [2.75, 3.05) is 19.8 Å². The summed E-state index contributed by atoms with van der Waals surface area (Å²) in [4.78, 5) is 0. The lowest BCUT2D eigenvalue weighted by Crippen LogP contribution is -2.31. The van der Waals surface area contributed by atoms with Crippen LogP contribution >= 0.6 is 0 Å². The molecule has 1 aromatic heterocycles. The lowest BCUT2D eigenvalue weighted by molar-refractivity contribution is 0.142. The van der Waals surface area contributed by atoms with Crippen LogP contribution in [-0.4, -0.2) is 35.6 Å². The summed E-state index contributed by atoms with van der Waals surface area (Å²) in [5.41, 5.74) is 1.17. The highest BCUT2D eigenvalue weighted by molar-refractivity contribution is 4.99. The van der Waals surface area contributed by atoms with E-state index in [1.165, 1.54) is 18.5 Å². The number of hydrogen-bond acceptors (Lipinski definition) is 3. The average molecular weight is 223 g/mol. The molecule has 1 N–H and O–H groups in total. The van der Waals surface area contributed by atoms with Gasteiger partial charge in [-0.2, -0.15) is 5.10 Å². The smallest absolute Gasteiger partial charge is 0.0637 e. The molecule has 2 rings (SSSR count). The summed E-state index contributed by atoms with van der Waals surface area (Å²) in [5.74, 6) is 0. The molecule has 0 amide bonds. The molecule has 90 valence electrons. The maximum Gasteiger partial charge on any atom is 0.0637 e. The van der Waals surface area contributed by atoms with Gasteiger partial charge in [0.1, 0.15) is 0 Å². The molecule has 0 aromatic carbocycles. The normalized spacial score (nSPS) is 21.9. The van der Waals surface area contributed by atoms with Gasteiger partial charge in [-0.1, -0.05) is 0 Å². The third-order valence-corrected chi connectivity index (χ3v) is 3.03. The van der Waals surface area contributed by atoms with Gasteiger partial charge in [0, 0.05) is 45.5 Å². The fourth-order valence-electron chi connectivity index (χ4n) is 2.11. The lowest BCUT2D eigenvalue weighted by atomic mass is 10.1. The molecule has 4 nitrogen and oxygen atoms in total. The molecule has 2 heterocycles. The Hall–Kier alpha value is -0.870. The molecule has 0 aliphatic carbocycles. The predicted octanol–water partition coefficient (Wildman–Crippen LogP) is 1.12. The molecule has 1 aromatic rings. The van der Waals surface area contributed by atoms with Gasteiger partial charge in [-0.05, 0) is 25.3 Å². The van der Waals surface area contributed by atoms with E-state index in [4.69, 9.17) is 4.74 Å². The molecule has 4 heteroatoms. The monoisotopic (exact) mass is 223 g/mol. The molecule has 1 saturated heterocycles. The second-order valence-electron chi connectivity index (χ2n) is 4.43. The Morgan fingerprint density at radius 2 is 2.44 bits per heavy atom. The Morgan fingerprint density at radius 1 is 1.50 bits per heavy atom. The van der Waals surface area contributed by atoms with Gasteiger partial charge in [-0.15, -0.1) is 0 Å². The predicted molar refractivity (Wildman–Crippen MR) is 63.4 cm³/mol. The summed E-state index contributed by atoms with van der Waals surface area (Å²) in [6.07, 6.45) is 6.57. The first-order valence-corrected chi connectivity index (χ1v) is 6.14. The number of hydrogen-bond donors (Lipinski definition) is 1. The van der Waals surface area contributed by atoms with E-state index in [1.807, 2.05) is 17.9 Å². The lowest BCUT2D eigenvalue weighted by Gasteiger charge is -2.14. The Bertz CT molecular complexity index is 303. The SMILES string of the molecule is Cn1ccc(CCNC2CCCOCC2)n1. The second kappa shape index (κ2) is 6.01. The molecule has 0 bridgehead atoms. The van der Waals surface area contributed by atoms with Crippen molar-refractivity contribution in [1.82, 2.24) is 15.1 Å². The van der Waals surface area contributed by atoms with Crippen molar-refractivity contribution in [1.29, 1.82) is 0 Å². The van der Waals surface area contributed by atoms with Gasteiger partial charge in [0.15, 0.2) is 0 Å². The molecule has 1 unspecified atom stereocenters. The standard InChI is InChI=1S/C12H21N3O/c1-15-8-5-12(14-15)4-7-13-11-3-2-9-16-10-6-11/h5,8,11,13H,2-4,6-7,9-10H2,1H3. The van der Waals surface area contributed by atoms with Crippen LogP contribution in [0.2, 0.25) is 0 Å². The maximum absolute atomic E-state index is 5.44. The quantitative estimate of drug-likeness (QED) is 0.831. The number of nitrogens with one attached hydrogen (secondary N) is 1. The van der Waals surface area contributed by atoms with E-state index in [1.54, 1.807) is 0 Å². The van der Waals surface area contributed by atoms with E-state index < -0.39 is 0 Å². The highest BCUT2D eigenvalue weighted by Gasteiger charge is 2.11. The van der Waals surface area contributed by atoms with Crippen molar-refractivity contribution in [3.63, 3.8) is 0 Å². The van der Waals surface area contributed by atoms with Crippen LogP contribution in [0.5, 0.6) is 0 Å².